The molecule has 0 saturated heterocycles. The number of ether oxygens (including phenoxy) is 1. The Hall–Kier alpha value is -2.70. The summed E-state index contributed by atoms with van der Waals surface area (Å²) in [4.78, 5) is 25.4. The van der Waals surface area contributed by atoms with Gasteiger partial charge < -0.3 is 19.4 Å². The van der Waals surface area contributed by atoms with Gasteiger partial charge in [-0.25, -0.2) is 0 Å². The summed E-state index contributed by atoms with van der Waals surface area (Å²) >= 11 is 0. The van der Waals surface area contributed by atoms with Crippen LogP contribution in [-0.4, -0.2) is 26.9 Å². The SMILES string of the molecule is Cn1ccc(C(=O)COc2cccnc2[N+](=O)[O-])c1. The van der Waals surface area contributed by atoms with Crippen LogP contribution in [0.1, 0.15) is 10.4 Å². The molecular formula is C12H11N3O4. The van der Waals surface area contributed by atoms with E-state index in [0.29, 0.717) is 5.56 Å². The third kappa shape index (κ3) is 2.95. The normalized spacial score (nSPS) is 10.2. The zero-order chi connectivity index (χ0) is 13.8. The van der Waals surface area contributed by atoms with Gasteiger partial charge in [-0.15, -0.1) is 0 Å². The van der Waals surface area contributed by atoms with E-state index in [2.05, 4.69) is 4.98 Å². The van der Waals surface area contributed by atoms with Gasteiger partial charge in [-0.2, -0.15) is 0 Å². The summed E-state index contributed by atoms with van der Waals surface area (Å²) in [6.45, 7) is -0.267. The molecule has 0 N–H and O–H groups in total. The Morgan fingerprint density at radius 1 is 1.53 bits per heavy atom. The number of nitrogens with zero attached hydrogens (tertiary/aromatic N) is 3. The molecule has 19 heavy (non-hydrogen) atoms. The number of pyridine rings is 1. The van der Waals surface area contributed by atoms with Gasteiger partial charge in [0.05, 0.1) is 0 Å². The van der Waals surface area contributed by atoms with E-state index < -0.39 is 10.7 Å². The summed E-state index contributed by atoms with van der Waals surface area (Å²) in [5.41, 5.74) is 0.494. The van der Waals surface area contributed by atoms with Gasteiger partial charge in [0.25, 0.3) is 0 Å². The van der Waals surface area contributed by atoms with Crippen molar-refractivity contribution in [3.63, 3.8) is 0 Å². The number of carbonyl (C=O) groups excluding carboxylic acids is 1. The molecule has 2 aromatic heterocycles. The molecule has 0 spiro atoms. The lowest BCUT2D eigenvalue weighted by molar-refractivity contribution is -0.390. The fourth-order valence-electron chi connectivity index (χ4n) is 1.53. The first-order chi connectivity index (χ1) is 9.08. The maximum atomic E-state index is 11.8. The number of ketones is 1. The number of Topliss-reactive ketones (excluding diaryl/α,β-unsaturated/α-hetero) is 1. The van der Waals surface area contributed by atoms with Crippen LogP contribution in [0.4, 0.5) is 5.82 Å². The number of aromatic nitrogens is 2. The summed E-state index contributed by atoms with van der Waals surface area (Å²) in [6, 6.07) is 4.57. The van der Waals surface area contributed by atoms with Crippen LogP contribution >= 0.6 is 0 Å². The smallest absolute Gasteiger partial charge is 0.406 e. The Balaban J connectivity index is 2.07. The van der Waals surface area contributed by atoms with Gasteiger partial charge in [-0.1, -0.05) is 0 Å². The Morgan fingerprint density at radius 3 is 2.95 bits per heavy atom. The highest BCUT2D eigenvalue weighted by molar-refractivity contribution is 5.97. The van der Waals surface area contributed by atoms with Gasteiger partial charge >= 0.3 is 5.82 Å². The van der Waals surface area contributed by atoms with E-state index in [0.717, 1.165) is 0 Å². The fourth-order valence-corrected chi connectivity index (χ4v) is 1.53. The summed E-state index contributed by atoms with van der Waals surface area (Å²) < 4.78 is 6.90. The lowest BCUT2D eigenvalue weighted by Crippen LogP contribution is -2.12. The third-order valence-corrected chi connectivity index (χ3v) is 2.44. The van der Waals surface area contributed by atoms with Gasteiger partial charge in [0.2, 0.25) is 11.5 Å². The predicted octanol–water partition coefficient (Wildman–Crippen LogP) is 1.59. The Morgan fingerprint density at radius 2 is 2.32 bits per heavy atom. The van der Waals surface area contributed by atoms with Crippen LogP contribution in [0.15, 0.2) is 36.8 Å². The van der Waals surface area contributed by atoms with Crippen LogP contribution < -0.4 is 4.74 Å². The molecule has 2 aromatic rings. The number of hydrogen-bond donors (Lipinski definition) is 0. The Bertz CT molecular complexity index is 621. The molecule has 0 radical (unpaired) electrons. The second-order valence-corrected chi connectivity index (χ2v) is 3.86. The van der Waals surface area contributed by atoms with Crippen LogP contribution in [0, 0.1) is 10.1 Å². The zero-order valence-electron chi connectivity index (χ0n) is 10.1. The molecule has 0 aromatic carbocycles. The molecule has 0 aliphatic rings. The van der Waals surface area contributed by atoms with Crippen molar-refractivity contribution in [2.24, 2.45) is 7.05 Å². The zero-order valence-corrected chi connectivity index (χ0v) is 10.1. The highest BCUT2D eigenvalue weighted by Crippen LogP contribution is 2.22. The standard InChI is InChI=1S/C12H11N3O4/c1-14-6-4-9(7-14)10(16)8-19-11-3-2-5-13-12(11)15(17)18/h2-7H,8H2,1H3. The molecule has 2 heterocycles. The quantitative estimate of drug-likeness (QED) is 0.463. The first-order valence-electron chi connectivity index (χ1n) is 5.45. The molecule has 7 heteroatoms. The van der Waals surface area contributed by atoms with Crippen molar-refractivity contribution in [2.45, 2.75) is 0 Å². The molecule has 0 aliphatic heterocycles. The minimum Gasteiger partial charge on any atom is -0.477 e. The summed E-state index contributed by atoms with van der Waals surface area (Å²) in [5.74, 6) is -0.668. The van der Waals surface area contributed by atoms with Crippen molar-refractivity contribution in [1.29, 1.82) is 0 Å². The van der Waals surface area contributed by atoms with Gasteiger partial charge in [0.1, 0.15) is 6.20 Å². The van der Waals surface area contributed by atoms with Crippen LogP contribution in [0.25, 0.3) is 0 Å². The second-order valence-electron chi connectivity index (χ2n) is 3.86. The van der Waals surface area contributed by atoms with Crippen molar-refractivity contribution in [1.82, 2.24) is 9.55 Å². The number of aryl methyl sites for hydroxylation is 1. The van der Waals surface area contributed by atoms with E-state index in [1.54, 1.807) is 30.1 Å². The minimum absolute atomic E-state index is 0.0169. The largest absolute Gasteiger partial charge is 0.477 e. The Kier molecular flexibility index (Phi) is 3.56. The molecule has 0 atom stereocenters. The van der Waals surface area contributed by atoms with E-state index in [4.69, 9.17) is 4.74 Å². The first kappa shape index (κ1) is 12.7. The van der Waals surface area contributed by atoms with Gasteiger partial charge in [0.15, 0.2) is 6.61 Å². The molecular weight excluding hydrogens is 250 g/mol. The van der Waals surface area contributed by atoms with Crippen LogP contribution in [0.2, 0.25) is 0 Å². The monoisotopic (exact) mass is 261 g/mol. The fraction of sp³-hybridized carbons (Fsp3) is 0.167. The number of hydrogen-bond acceptors (Lipinski definition) is 5. The second kappa shape index (κ2) is 5.30. The van der Waals surface area contributed by atoms with E-state index >= 15 is 0 Å². The average Bonchev–Trinajstić information content (AvgIpc) is 2.83. The summed E-state index contributed by atoms with van der Waals surface area (Å²) in [6.07, 6.45) is 4.69. The van der Waals surface area contributed by atoms with Crippen molar-refractivity contribution < 1.29 is 14.5 Å². The summed E-state index contributed by atoms with van der Waals surface area (Å²) in [5, 5.41) is 10.7. The maximum Gasteiger partial charge on any atom is 0.406 e. The van der Waals surface area contributed by atoms with E-state index in [1.807, 2.05) is 0 Å². The highest BCUT2D eigenvalue weighted by atomic mass is 16.6. The Labute approximate surface area is 108 Å². The molecule has 2 rings (SSSR count). The summed E-state index contributed by atoms with van der Waals surface area (Å²) in [7, 11) is 1.80. The van der Waals surface area contributed by atoms with Crippen molar-refractivity contribution in [3.05, 3.63) is 52.5 Å². The lowest BCUT2D eigenvalue weighted by Gasteiger charge is -2.04. The number of nitro groups is 1. The highest BCUT2D eigenvalue weighted by Gasteiger charge is 2.17. The lowest BCUT2D eigenvalue weighted by atomic mass is 10.2. The third-order valence-electron chi connectivity index (χ3n) is 2.44. The van der Waals surface area contributed by atoms with Gasteiger partial charge in [0, 0.05) is 25.0 Å². The van der Waals surface area contributed by atoms with Crippen LogP contribution in [-0.2, 0) is 7.05 Å². The molecule has 98 valence electrons. The maximum absolute atomic E-state index is 11.8. The molecule has 0 amide bonds. The predicted molar refractivity (Wildman–Crippen MR) is 66.1 cm³/mol. The molecule has 0 aliphatic carbocycles. The molecule has 7 nitrogen and oxygen atoms in total. The first-order valence-corrected chi connectivity index (χ1v) is 5.45. The molecule has 0 unspecified atom stereocenters. The van der Waals surface area contributed by atoms with Crippen molar-refractivity contribution in [3.8, 4) is 5.75 Å². The average molecular weight is 261 g/mol. The van der Waals surface area contributed by atoms with E-state index in [-0.39, 0.29) is 18.1 Å². The van der Waals surface area contributed by atoms with Crippen LogP contribution in [0.5, 0.6) is 5.75 Å². The topological polar surface area (TPSA) is 87.3 Å². The molecule has 0 saturated carbocycles. The minimum atomic E-state index is -0.650. The van der Waals surface area contributed by atoms with Gasteiger partial charge in [-0.05, 0) is 28.1 Å². The van der Waals surface area contributed by atoms with E-state index in [9.17, 15) is 14.9 Å². The number of carbonyl (C=O) groups is 1. The number of rotatable bonds is 5. The van der Waals surface area contributed by atoms with Crippen molar-refractivity contribution in [2.75, 3.05) is 6.61 Å². The van der Waals surface area contributed by atoms with Gasteiger partial charge in [-0.3, -0.25) is 4.79 Å². The van der Waals surface area contributed by atoms with Crippen molar-refractivity contribution >= 4 is 11.6 Å². The molecule has 0 bridgehead atoms. The molecule has 0 fully saturated rings. The van der Waals surface area contributed by atoms with E-state index in [1.165, 1.54) is 18.3 Å². The van der Waals surface area contributed by atoms with Crippen LogP contribution in [0.3, 0.4) is 0 Å².